The van der Waals surface area contributed by atoms with Gasteiger partial charge in [0.15, 0.2) is 11.5 Å². The van der Waals surface area contributed by atoms with Crippen molar-refractivity contribution in [3.05, 3.63) is 23.3 Å². The van der Waals surface area contributed by atoms with Gasteiger partial charge < -0.3 is 24.4 Å². The lowest BCUT2D eigenvalue weighted by Crippen LogP contribution is -2.53. The molecule has 2 heterocycles. The van der Waals surface area contributed by atoms with E-state index in [1.807, 2.05) is 24.8 Å². The molecule has 0 aliphatic carbocycles. The van der Waals surface area contributed by atoms with E-state index in [4.69, 9.17) is 14.2 Å². The quantitative estimate of drug-likeness (QED) is 0.856. The van der Waals surface area contributed by atoms with Crippen LogP contribution in [-0.4, -0.2) is 56.4 Å². The van der Waals surface area contributed by atoms with Crippen LogP contribution in [0.1, 0.15) is 25.0 Å². The number of benzene rings is 1. The number of nitrogens with zero attached hydrogens (tertiary/aromatic N) is 1. The SMILES string of the molecule is CCOc1cc2c(cc1OCC)CN(C(=O)C1COCCN1)CC2.Cl. The first kappa shape index (κ1) is 19.8. The molecule has 140 valence electrons. The van der Waals surface area contributed by atoms with E-state index < -0.39 is 0 Å². The first-order valence-electron chi connectivity index (χ1n) is 8.74. The average molecular weight is 371 g/mol. The zero-order chi connectivity index (χ0) is 16.9. The van der Waals surface area contributed by atoms with Crippen molar-refractivity contribution < 1.29 is 19.0 Å². The van der Waals surface area contributed by atoms with E-state index in [0.717, 1.165) is 36.6 Å². The summed E-state index contributed by atoms with van der Waals surface area (Å²) in [5, 5.41) is 3.24. The van der Waals surface area contributed by atoms with Crippen LogP contribution in [0.3, 0.4) is 0 Å². The minimum Gasteiger partial charge on any atom is -0.490 e. The first-order chi connectivity index (χ1) is 11.7. The monoisotopic (exact) mass is 370 g/mol. The van der Waals surface area contributed by atoms with E-state index in [-0.39, 0.29) is 24.4 Å². The van der Waals surface area contributed by atoms with Gasteiger partial charge in [0, 0.05) is 19.6 Å². The molecule has 3 rings (SSSR count). The lowest BCUT2D eigenvalue weighted by Gasteiger charge is -2.33. The summed E-state index contributed by atoms with van der Waals surface area (Å²) < 4.78 is 16.8. The number of fused-ring (bicyclic) bond motifs is 1. The summed E-state index contributed by atoms with van der Waals surface area (Å²) in [5.74, 6) is 1.67. The number of hydrogen-bond donors (Lipinski definition) is 1. The highest BCUT2D eigenvalue weighted by Crippen LogP contribution is 2.34. The van der Waals surface area contributed by atoms with Gasteiger partial charge in [-0.25, -0.2) is 0 Å². The lowest BCUT2D eigenvalue weighted by atomic mass is 9.98. The zero-order valence-electron chi connectivity index (χ0n) is 14.9. The molecule has 7 heteroatoms. The van der Waals surface area contributed by atoms with Crippen molar-refractivity contribution in [1.82, 2.24) is 10.2 Å². The van der Waals surface area contributed by atoms with Crippen LogP contribution in [0.2, 0.25) is 0 Å². The molecular formula is C18H27ClN2O4. The van der Waals surface area contributed by atoms with Crippen molar-refractivity contribution >= 4 is 18.3 Å². The molecule has 1 aromatic carbocycles. The molecule has 1 amide bonds. The molecule has 0 saturated carbocycles. The fraction of sp³-hybridized carbons (Fsp3) is 0.611. The summed E-state index contributed by atoms with van der Waals surface area (Å²) in [5.41, 5.74) is 2.37. The predicted octanol–water partition coefficient (Wildman–Crippen LogP) is 1.78. The molecule has 1 saturated heterocycles. The lowest BCUT2D eigenvalue weighted by molar-refractivity contribution is -0.137. The van der Waals surface area contributed by atoms with E-state index in [2.05, 4.69) is 11.4 Å². The Morgan fingerprint density at radius 3 is 2.52 bits per heavy atom. The number of carbonyl (C=O) groups excluding carboxylic acids is 1. The molecule has 0 spiro atoms. The number of amides is 1. The summed E-state index contributed by atoms with van der Waals surface area (Å²) in [7, 11) is 0. The van der Waals surface area contributed by atoms with Gasteiger partial charge in [0.25, 0.3) is 0 Å². The molecule has 1 N–H and O–H groups in total. The summed E-state index contributed by atoms with van der Waals surface area (Å²) in [6, 6.07) is 3.86. The van der Waals surface area contributed by atoms with Crippen molar-refractivity contribution in [2.75, 3.05) is 39.5 Å². The number of hydrogen-bond acceptors (Lipinski definition) is 5. The second kappa shape index (κ2) is 9.27. The van der Waals surface area contributed by atoms with Crippen molar-refractivity contribution in [1.29, 1.82) is 0 Å². The van der Waals surface area contributed by atoms with Gasteiger partial charge in [-0.2, -0.15) is 0 Å². The van der Waals surface area contributed by atoms with Crippen LogP contribution in [0, 0.1) is 0 Å². The van der Waals surface area contributed by atoms with E-state index in [1.54, 1.807) is 0 Å². The molecule has 25 heavy (non-hydrogen) atoms. The number of nitrogens with one attached hydrogen (secondary N) is 1. The number of halogens is 1. The van der Waals surface area contributed by atoms with Gasteiger partial charge in [-0.05, 0) is 43.5 Å². The molecule has 0 aromatic heterocycles. The molecule has 2 aliphatic rings. The molecule has 1 aromatic rings. The highest BCUT2D eigenvalue weighted by atomic mass is 35.5. The van der Waals surface area contributed by atoms with E-state index in [1.165, 1.54) is 5.56 Å². The Balaban J connectivity index is 0.00000225. The number of carbonyl (C=O) groups is 1. The summed E-state index contributed by atoms with van der Waals surface area (Å²) in [6.07, 6.45) is 0.834. The van der Waals surface area contributed by atoms with E-state index >= 15 is 0 Å². The Bertz CT molecular complexity index is 591. The Hall–Kier alpha value is -1.50. The molecule has 1 atom stereocenters. The third-order valence-corrected chi connectivity index (χ3v) is 4.41. The number of morpholine rings is 1. The minimum absolute atomic E-state index is 0. The fourth-order valence-electron chi connectivity index (χ4n) is 3.23. The highest BCUT2D eigenvalue weighted by Gasteiger charge is 2.29. The Kier molecular flexibility index (Phi) is 7.35. The van der Waals surface area contributed by atoms with Gasteiger partial charge in [-0.3, -0.25) is 4.79 Å². The van der Waals surface area contributed by atoms with Crippen molar-refractivity contribution in [2.45, 2.75) is 32.9 Å². The number of ether oxygens (including phenoxy) is 3. The Labute approximate surface area is 155 Å². The fourth-order valence-corrected chi connectivity index (χ4v) is 3.23. The van der Waals surface area contributed by atoms with E-state index in [9.17, 15) is 4.79 Å². The molecule has 0 radical (unpaired) electrons. The third kappa shape index (κ3) is 4.57. The molecule has 1 unspecified atom stereocenters. The second-order valence-corrected chi connectivity index (χ2v) is 6.03. The van der Waals surface area contributed by atoms with Crippen molar-refractivity contribution in [2.24, 2.45) is 0 Å². The van der Waals surface area contributed by atoms with Crippen molar-refractivity contribution in [3.63, 3.8) is 0 Å². The van der Waals surface area contributed by atoms with Gasteiger partial charge in [-0.15, -0.1) is 12.4 Å². The summed E-state index contributed by atoms with van der Waals surface area (Å²) in [4.78, 5) is 14.6. The zero-order valence-corrected chi connectivity index (χ0v) is 15.7. The molecule has 0 bridgehead atoms. The summed E-state index contributed by atoms with van der Waals surface area (Å²) >= 11 is 0. The maximum absolute atomic E-state index is 12.7. The van der Waals surface area contributed by atoms with Crippen LogP contribution in [-0.2, 0) is 22.5 Å². The van der Waals surface area contributed by atoms with E-state index in [0.29, 0.717) is 33.0 Å². The van der Waals surface area contributed by atoms with Crippen LogP contribution in [0.5, 0.6) is 11.5 Å². The van der Waals surface area contributed by atoms with Crippen LogP contribution >= 0.6 is 12.4 Å². The third-order valence-electron chi connectivity index (χ3n) is 4.41. The molecule has 1 fully saturated rings. The normalized spacial score (nSPS) is 19.6. The highest BCUT2D eigenvalue weighted by molar-refractivity contribution is 5.85. The number of rotatable bonds is 5. The minimum atomic E-state index is -0.227. The van der Waals surface area contributed by atoms with Gasteiger partial charge in [0.2, 0.25) is 5.91 Å². The van der Waals surface area contributed by atoms with Crippen LogP contribution < -0.4 is 14.8 Å². The summed E-state index contributed by atoms with van der Waals surface area (Å²) in [6.45, 7) is 8.31. The van der Waals surface area contributed by atoms with Crippen molar-refractivity contribution in [3.8, 4) is 11.5 Å². The first-order valence-corrected chi connectivity index (χ1v) is 8.74. The Morgan fingerprint density at radius 2 is 1.92 bits per heavy atom. The van der Waals surface area contributed by atoms with Crippen LogP contribution in [0.15, 0.2) is 12.1 Å². The molecular weight excluding hydrogens is 344 g/mol. The second-order valence-electron chi connectivity index (χ2n) is 6.03. The Morgan fingerprint density at radius 1 is 1.24 bits per heavy atom. The maximum Gasteiger partial charge on any atom is 0.242 e. The topological polar surface area (TPSA) is 60.0 Å². The van der Waals surface area contributed by atoms with Gasteiger partial charge >= 0.3 is 0 Å². The average Bonchev–Trinajstić information content (AvgIpc) is 2.62. The van der Waals surface area contributed by atoms with Gasteiger partial charge in [0.05, 0.1) is 26.4 Å². The molecule has 2 aliphatic heterocycles. The predicted molar refractivity (Wildman–Crippen MR) is 97.8 cm³/mol. The van der Waals surface area contributed by atoms with Crippen LogP contribution in [0.4, 0.5) is 0 Å². The largest absolute Gasteiger partial charge is 0.490 e. The maximum atomic E-state index is 12.7. The molecule has 6 nitrogen and oxygen atoms in total. The van der Waals surface area contributed by atoms with Crippen LogP contribution in [0.25, 0.3) is 0 Å². The van der Waals surface area contributed by atoms with Gasteiger partial charge in [-0.1, -0.05) is 0 Å². The van der Waals surface area contributed by atoms with Gasteiger partial charge in [0.1, 0.15) is 6.04 Å². The smallest absolute Gasteiger partial charge is 0.242 e. The standard InChI is InChI=1S/C18H26N2O4.ClH/c1-3-23-16-9-13-5-7-20(11-14(13)10-17(16)24-4-2)18(21)15-12-22-8-6-19-15;/h9-10,15,19H,3-8,11-12H2,1-2H3;1H.